The molecule has 0 bridgehead atoms. The Hall–Kier alpha value is -0.590. The largest absolute Gasteiger partial charge is 0.298 e. The molecule has 0 aromatic carbocycles. The van der Waals surface area contributed by atoms with Crippen LogP contribution >= 0.6 is 0 Å². The number of nitriles is 1. The molecule has 3 fully saturated rings. The molecule has 0 aromatic rings. The van der Waals surface area contributed by atoms with Crippen molar-refractivity contribution in [3.63, 3.8) is 0 Å². The van der Waals surface area contributed by atoms with Crippen molar-refractivity contribution < 1.29 is 0 Å². The van der Waals surface area contributed by atoms with E-state index in [4.69, 9.17) is 0 Å². The van der Waals surface area contributed by atoms with Crippen LogP contribution in [0.25, 0.3) is 0 Å². The van der Waals surface area contributed by atoms with Crippen LogP contribution in [-0.4, -0.2) is 35.1 Å². The summed E-state index contributed by atoms with van der Waals surface area (Å²) in [6.07, 6.45) is 11.4. The maximum atomic E-state index is 9.60. The second kappa shape index (κ2) is 5.42. The van der Waals surface area contributed by atoms with Gasteiger partial charge in [-0.3, -0.25) is 10.2 Å². The van der Waals surface area contributed by atoms with E-state index in [0.29, 0.717) is 12.1 Å². The number of nitrogens with one attached hydrogen (secondary N) is 1. The van der Waals surface area contributed by atoms with Crippen molar-refractivity contribution in [3.8, 4) is 6.07 Å². The van der Waals surface area contributed by atoms with Crippen molar-refractivity contribution in [1.82, 2.24) is 10.2 Å². The van der Waals surface area contributed by atoms with E-state index < -0.39 is 0 Å². The van der Waals surface area contributed by atoms with Crippen molar-refractivity contribution in [1.29, 1.82) is 5.26 Å². The molecule has 3 nitrogen and oxygen atoms in total. The minimum absolute atomic E-state index is 0.210. The fraction of sp³-hybridized carbons (Fsp3) is 0.938. The van der Waals surface area contributed by atoms with Crippen LogP contribution in [0.3, 0.4) is 0 Å². The Bertz CT molecular complexity index is 351. The predicted molar refractivity (Wildman–Crippen MR) is 76.8 cm³/mol. The van der Waals surface area contributed by atoms with Gasteiger partial charge in [-0.2, -0.15) is 5.26 Å². The van der Waals surface area contributed by atoms with Gasteiger partial charge in [-0.05, 0) is 51.5 Å². The maximum Gasteiger partial charge on any atom is 0.108 e. The van der Waals surface area contributed by atoms with Gasteiger partial charge in [0.2, 0.25) is 0 Å². The highest BCUT2D eigenvalue weighted by Crippen LogP contribution is 2.38. The third kappa shape index (κ3) is 2.80. The van der Waals surface area contributed by atoms with Gasteiger partial charge in [0.15, 0.2) is 0 Å². The fourth-order valence-electron chi connectivity index (χ4n) is 4.24. The van der Waals surface area contributed by atoms with Crippen LogP contribution in [0, 0.1) is 11.3 Å². The van der Waals surface area contributed by atoms with Gasteiger partial charge in [0.05, 0.1) is 6.07 Å². The van der Waals surface area contributed by atoms with E-state index in [0.717, 1.165) is 25.4 Å². The molecule has 3 saturated carbocycles. The first kappa shape index (κ1) is 13.4. The second-order valence-electron chi connectivity index (χ2n) is 6.78. The molecule has 0 aliphatic heterocycles. The minimum Gasteiger partial charge on any atom is -0.298 e. The van der Waals surface area contributed by atoms with Crippen LogP contribution in [0.15, 0.2) is 0 Å². The summed E-state index contributed by atoms with van der Waals surface area (Å²) >= 11 is 0. The Kier molecular flexibility index (Phi) is 3.82. The molecule has 3 heteroatoms. The summed E-state index contributed by atoms with van der Waals surface area (Å²) in [7, 11) is 0. The molecule has 0 radical (unpaired) electrons. The average molecular weight is 261 g/mol. The van der Waals surface area contributed by atoms with E-state index in [1.165, 1.54) is 44.9 Å². The minimum atomic E-state index is -0.210. The van der Waals surface area contributed by atoms with Crippen molar-refractivity contribution in [2.45, 2.75) is 88.4 Å². The molecular weight excluding hydrogens is 234 g/mol. The highest BCUT2D eigenvalue weighted by molar-refractivity contribution is 5.15. The highest BCUT2D eigenvalue weighted by Gasteiger charge is 2.45. The number of hydrogen-bond donors (Lipinski definition) is 1. The second-order valence-corrected chi connectivity index (χ2v) is 6.78. The van der Waals surface area contributed by atoms with Crippen molar-refractivity contribution >= 4 is 0 Å². The van der Waals surface area contributed by atoms with E-state index >= 15 is 0 Å². The Balaban J connectivity index is 1.63. The lowest BCUT2D eigenvalue weighted by Crippen LogP contribution is -2.46. The van der Waals surface area contributed by atoms with E-state index in [-0.39, 0.29) is 5.54 Å². The summed E-state index contributed by atoms with van der Waals surface area (Å²) in [5, 5.41) is 13.2. The quantitative estimate of drug-likeness (QED) is 0.827. The Morgan fingerprint density at radius 2 is 1.89 bits per heavy atom. The van der Waals surface area contributed by atoms with Gasteiger partial charge in [0.1, 0.15) is 5.54 Å². The summed E-state index contributed by atoms with van der Waals surface area (Å²) < 4.78 is 0. The van der Waals surface area contributed by atoms with Gasteiger partial charge in [-0.15, -0.1) is 0 Å². The first-order valence-corrected chi connectivity index (χ1v) is 8.21. The molecule has 2 atom stereocenters. The highest BCUT2D eigenvalue weighted by atomic mass is 15.2. The van der Waals surface area contributed by atoms with Crippen molar-refractivity contribution in [2.75, 3.05) is 6.54 Å². The van der Waals surface area contributed by atoms with Crippen molar-refractivity contribution in [2.24, 2.45) is 0 Å². The van der Waals surface area contributed by atoms with Crippen molar-refractivity contribution in [3.05, 3.63) is 0 Å². The number of nitrogens with zero attached hydrogens (tertiary/aromatic N) is 2. The molecule has 0 amide bonds. The maximum absolute atomic E-state index is 9.60. The molecule has 0 aromatic heterocycles. The topological polar surface area (TPSA) is 39.1 Å². The van der Waals surface area contributed by atoms with Crippen LogP contribution in [0.4, 0.5) is 0 Å². The van der Waals surface area contributed by atoms with E-state index in [1.807, 2.05) is 0 Å². The average Bonchev–Trinajstić information content (AvgIpc) is 2.93. The van der Waals surface area contributed by atoms with Gasteiger partial charge in [-0.25, -0.2) is 0 Å². The summed E-state index contributed by atoms with van der Waals surface area (Å²) in [5.41, 5.74) is -0.210. The zero-order chi connectivity index (χ0) is 13.3. The van der Waals surface area contributed by atoms with Crippen LogP contribution in [0.2, 0.25) is 0 Å². The van der Waals surface area contributed by atoms with Gasteiger partial charge in [0, 0.05) is 18.1 Å². The molecule has 0 spiro atoms. The molecule has 1 N–H and O–H groups in total. The standard InChI is InChI=1S/C16H27N3/c1-2-19(14-5-3-4-6-14)15-9-10-16(11-15,12-17)18-13-7-8-13/h13-15,18H,2-11H2,1H3. The monoisotopic (exact) mass is 261 g/mol. The van der Waals surface area contributed by atoms with E-state index in [9.17, 15) is 5.26 Å². The molecule has 2 unspecified atom stereocenters. The lowest BCUT2D eigenvalue weighted by Gasteiger charge is -2.34. The smallest absolute Gasteiger partial charge is 0.108 e. The zero-order valence-electron chi connectivity index (χ0n) is 12.2. The lowest BCUT2D eigenvalue weighted by atomic mass is 9.98. The fourth-order valence-corrected chi connectivity index (χ4v) is 4.24. The number of rotatable bonds is 5. The normalized spacial score (nSPS) is 35.9. The SMILES string of the molecule is CCN(C1CCCC1)C1CCC(C#N)(NC2CC2)C1. The van der Waals surface area contributed by atoms with E-state index in [2.05, 4.69) is 23.2 Å². The van der Waals surface area contributed by atoms with Crippen LogP contribution in [0.1, 0.15) is 64.7 Å². The third-order valence-electron chi connectivity index (χ3n) is 5.39. The third-order valence-corrected chi connectivity index (χ3v) is 5.39. The Labute approximate surface area is 117 Å². The van der Waals surface area contributed by atoms with Crippen LogP contribution in [0.5, 0.6) is 0 Å². The number of hydrogen-bond acceptors (Lipinski definition) is 3. The lowest BCUT2D eigenvalue weighted by molar-refractivity contribution is 0.141. The van der Waals surface area contributed by atoms with E-state index in [1.54, 1.807) is 0 Å². The van der Waals surface area contributed by atoms with Gasteiger partial charge in [-0.1, -0.05) is 19.8 Å². The molecule has 106 valence electrons. The molecule has 3 aliphatic rings. The summed E-state index contributed by atoms with van der Waals surface area (Å²) in [6.45, 7) is 3.44. The van der Waals surface area contributed by atoms with Crippen LogP contribution in [-0.2, 0) is 0 Å². The molecule has 19 heavy (non-hydrogen) atoms. The predicted octanol–water partition coefficient (Wildman–Crippen LogP) is 2.82. The molecule has 0 heterocycles. The Morgan fingerprint density at radius 1 is 1.16 bits per heavy atom. The molecular formula is C16H27N3. The molecule has 3 rings (SSSR count). The van der Waals surface area contributed by atoms with Gasteiger partial charge >= 0.3 is 0 Å². The summed E-state index contributed by atoms with van der Waals surface area (Å²) in [6, 6.07) is 4.68. The zero-order valence-corrected chi connectivity index (χ0v) is 12.2. The first-order chi connectivity index (χ1) is 9.26. The van der Waals surface area contributed by atoms with Crippen LogP contribution < -0.4 is 5.32 Å². The molecule has 3 aliphatic carbocycles. The van der Waals surface area contributed by atoms with Gasteiger partial charge < -0.3 is 0 Å². The molecule has 0 saturated heterocycles. The van der Waals surface area contributed by atoms with Gasteiger partial charge in [0.25, 0.3) is 0 Å². The summed E-state index contributed by atoms with van der Waals surface area (Å²) in [5.74, 6) is 0. The Morgan fingerprint density at radius 3 is 2.47 bits per heavy atom. The summed E-state index contributed by atoms with van der Waals surface area (Å²) in [4.78, 5) is 2.71. The first-order valence-electron chi connectivity index (χ1n) is 8.21.